The minimum atomic E-state index is -0.939. The number of hydrogen-bond acceptors (Lipinski definition) is 6. The molecule has 7 nitrogen and oxygen atoms in total. The van der Waals surface area contributed by atoms with Crippen LogP contribution < -0.4 is 10.1 Å². The van der Waals surface area contributed by atoms with Crippen molar-refractivity contribution in [3.63, 3.8) is 0 Å². The quantitative estimate of drug-likeness (QED) is 0.753. The average molecular weight is 452 g/mol. The van der Waals surface area contributed by atoms with Crippen LogP contribution in [-0.2, 0) is 26.7 Å². The molecule has 2 aromatic carbocycles. The van der Waals surface area contributed by atoms with Gasteiger partial charge < -0.3 is 19.5 Å². The molecule has 1 N–H and O–H groups in total. The molecule has 176 valence electrons. The summed E-state index contributed by atoms with van der Waals surface area (Å²) < 4.78 is 19.3. The summed E-state index contributed by atoms with van der Waals surface area (Å²) in [5.41, 5.74) is 3.04. The van der Waals surface area contributed by atoms with Crippen LogP contribution in [0.2, 0.25) is 0 Å². The molecule has 2 fully saturated rings. The maximum atomic E-state index is 12.1. The van der Waals surface area contributed by atoms with Gasteiger partial charge in [-0.1, -0.05) is 36.4 Å². The molecule has 0 bridgehead atoms. The van der Waals surface area contributed by atoms with E-state index < -0.39 is 5.79 Å². The Balaban J connectivity index is 1.26. The van der Waals surface area contributed by atoms with Crippen LogP contribution in [0.15, 0.2) is 48.5 Å². The fourth-order valence-corrected chi connectivity index (χ4v) is 5.01. The van der Waals surface area contributed by atoms with E-state index in [2.05, 4.69) is 27.2 Å². The standard InChI is InChI=1S/C26H33N3O4/c1-19(2)27-25(30)16-29-13-11-28(12-14-29)15-21-18-32-26(33-21)22-8-4-3-7-20(22)17-31-24-10-6-5-9-23(24)26/h3-10,19,21H,11-18H2,1-2H3,(H,27,30). The Hall–Kier alpha value is -2.45. The minimum absolute atomic E-state index is 0.0417. The van der Waals surface area contributed by atoms with Crippen LogP contribution in [0.5, 0.6) is 5.75 Å². The number of benzene rings is 2. The zero-order valence-electron chi connectivity index (χ0n) is 19.5. The van der Waals surface area contributed by atoms with E-state index in [0.29, 0.717) is 19.8 Å². The van der Waals surface area contributed by atoms with E-state index in [1.807, 2.05) is 50.2 Å². The number of fused-ring (bicyclic) bond motifs is 4. The SMILES string of the molecule is CC(C)NC(=O)CN1CCN(CC2COC3(O2)c2ccccc2COc2ccccc23)CC1. The molecule has 3 heterocycles. The fourth-order valence-electron chi connectivity index (χ4n) is 5.01. The Morgan fingerprint density at radius 3 is 2.52 bits per heavy atom. The van der Waals surface area contributed by atoms with E-state index in [0.717, 1.165) is 55.2 Å². The van der Waals surface area contributed by atoms with Gasteiger partial charge >= 0.3 is 0 Å². The first-order valence-corrected chi connectivity index (χ1v) is 11.9. The summed E-state index contributed by atoms with van der Waals surface area (Å²) in [6.45, 7) is 9.86. The summed E-state index contributed by atoms with van der Waals surface area (Å²) in [6.07, 6.45) is -0.0417. The molecule has 0 saturated carbocycles. The summed E-state index contributed by atoms with van der Waals surface area (Å²) in [5, 5.41) is 2.97. The van der Waals surface area contributed by atoms with Crippen molar-refractivity contribution < 1.29 is 19.0 Å². The highest BCUT2D eigenvalue weighted by atomic mass is 16.7. The van der Waals surface area contributed by atoms with Gasteiger partial charge in [0.2, 0.25) is 11.7 Å². The highest BCUT2D eigenvalue weighted by Crippen LogP contribution is 2.47. The average Bonchev–Trinajstić information content (AvgIpc) is 3.17. The second-order valence-electron chi connectivity index (χ2n) is 9.41. The number of carbonyl (C=O) groups excluding carboxylic acids is 1. The van der Waals surface area contributed by atoms with Crippen molar-refractivity contribution in [1.29, 1.82) is 0 Å². The number of amides is 1. The van der Waals surface area contributed by atoms with Gasteiger partial charge in [0.05, 0.1) is 24.8 Å². The van der Waals surface area contributed by atoms with E-state index in [1.165, 1.54) is 0 Å². The number of carbonyl (C=O) groups is 1. The van der Waals surface area contributed by atoms with Gasteiger partial charge in [0, 0.05) is 44.3 Å². The lowest BCUT2D eigenvalue weighted by molar-refractivity contribution is -0.145. The van der Waals surface area contributed by atoms with Crippen molar-refractivity contribution in [2.45, 2.75) is 38.4 Å². The fraction of sp³-hybridized carbons (Fsp3) is 0.500. The van der Waals surface area contributed by atoms with E-state index in [4.69, 9.17) is 14.2 Å². The Bertz CT molecular complexity index is 940. The zero-order chi connectivity index (χ0) is 22.8. The van der Waals surface area contributed by atoms with Crippen LogP contribution in [0.4, 0.5) is 0 Å². The summed E-state index contributed by atoms with van der Waals surface area (Å²) >= 11 is 0. The van der Waals surface area contributed by atoms with Gasteiger partial charge in [0.15, 0.2) is 0 Å². The third-order valence-electron chi connectivity index (χ3n) is 6.55. The van der Waals surface area contributed by atoms with Crippen molar-refractivity contribution in [2.75, 3.05) is 45.9 Å². The molecule has 5 rings (SSSR count). The summed E-state index contributed by atoms with van der Waals surface area (Å²) in [6, 6.07) is 16.4. The first-order valence-electron chi connectivity index (χ1n) is 11.9. The molecular weight excluding hydrogens is 418 g/mol. The molecule has 2 unspecified atom stereocenters. The number of nitrogens with one attached hydrogen (secondary N) is 1. The number of piperazine rings is 1. The lowest BCUT2D eigenvalue weighted by atomic mass is 9.93. The highest BCUT2D eigenvalue weighted by Gasteiger charge is 2.49. The van der Waals surface area contributed by atoms with Gasteiger partial charge in [-0.3, -0.25) is 14.6 Å². The number of para-hydroxylation sites is 1. The van der Waals surface area contributed by atoms with Gasteiger partial charge in [-0.05, 0) is 31.5 Å². The predicted molar refractivity (Wildman–Crippen MR) is 125 cm³/mol. The summed E-state index contributed by atoms with van der Waals surface area (Å²) in [7, 11) is 0. The van der Waals surface area contributed by atoms with E-state index in [-0.39, 0.29) is 18.1 Å². The van der Waals surface area contributed by atoms with Crippen LogP contribution in [0, 0.1) is 0 Å². The van der Waals surface area contributed by atoms with Crippen molar-refractivity contribution in [2.24, 2.45) is 0 Å². The van der Waals surface area contributed by atoms with Gasteiger partial charge in [0.25, 0.3) is 0 Å². The highest BCUT2D eigenvalue weighted by molar-refractivity contribution is 5.78. The smallest absolute Gasteiger partial charge is 0.234 e. The third-order valence-corrected chi connectivity index (χ3v) is 6.55. The molecule has 7 heteroatoms. The minimum Gasteiger partial charge on any atom is -0.488 e. The summed E-state index contributed by atoms with van der Waals surface area (Å²) in [5.74, 6) is -0.0334. The van der Waals surface area contributed by atoms with Crippen LogP contribution in [0.3, 0.4) is 0 Å². The summed E-state index contributed by atoms with van der Waals surface area (Å²) in [4.78, 5) is 16.7. The maximum Gasteiger partial charge on any atom is 0.234 e. The van der Waals surface area contributed by atoms with Crippen LogP contribution >= 0.6 is 0 Å². The Kier molecular flexibility index (Phi) is 6.38. The lowest BCUT2D eigenvalue weighted by Gasteiger charge is -2.35. The molecule has 33 heavy (non-hydrogen) atoms. The van der Waals surface area contributed by atoms with Crippen molar-refractivity contribution in [1.82, 2.24) is 15.1 Å². The Labute approximate surface area is 195 Å². The molecule has 3 aliphatic rings. The third kappa shape index (κ3) is 4.64. The molecule has 2 atom stereocenters. The van der Waals surface area contributed by atoms with E-state index in [1.54, 1.807) is 0 Å². The van der Waals surface area contributed by atoms with Crippen LogP contribution in [0.25, 0.3) is 0 Å². The van der Waals surface area contributed by atoms with Crippen LogP contribution in [0.1, 0.15) is 30.5 Å². The molecule has 1 amide bonds. The van der Waals surface area contributed by atoms with Crippen molar-refractivity contribution in [3.8, 4) is 5.75 Å². The molecule has 3 aliphatic heterocycles. The van der Waals surface area contributed by atoms with E-state index in [9.17, 15) is 4.79 Å². The molecule has 0 radical (unpaired) electrons. The maximum absolute atomic E-state index is 12.1. The van der Waals surface area contributed by atoms with Gasteiger partial charge in [-0.25, -0.2) is 0 Å². The molecule has 2 aromatic rings. The number of nitrogens with zero attached hydrogens (tertiary/aromatic N) is 2. The number of rotatable bonds is 5. The van der Waals surface area contributed by atoms with E-state index >= 15 is 0 Å². The second-order valence-corrected chi connectivity index (χ2v) is 9.41. The largest absolute Gasteiger partial charge is 0.488 e. The van der Waals surface area contributed by atoms with Crippen LogP contribution in [-0.4, -0.2) is 73.7 Å². The van der Waals surface area contributed by atoms with Crippen molar-refractivity contribution in [3.05, 3.63) is 65.2 Å². The number of hydrogen-bond donors (Lipinski definition) is 1. The van der Waals surface area contributed by atoms with Gasteiger partial charge in [-0.2, -0.15) is 0 Å². The van der Waals surface area contributed by atoms with Gasteiger partial charge in [0.1, 0.15) is 12.4 Å². The molecule has 2 saturated heterocycles. The number of ether oxygens (including phenoxy) is 3. The molecule has 0 aliphatic carbocycles. The Morgan fingerprint density at radius 2 is 1.73 bits per heavy atom. The monoisotopic (exact) mass is 451 g/mol. The second kappa shape index (κ2) is 9.43. The molecule has 1 spiro atoms. The van der Waals surface area contributed by atoms with Gasteiger partial charge in [-0.15, -0.1) is 0 Å². The predicted octanol–water partition coefficient (Wildman–Crippen LogP) is 2.34. The first-order chi connectivity index (χ1) is 16.0. The molecular formula is C26H33N3O4. The lowest BCUT2D eigenvalue weighted by Crippen LogP contribution is -2.51. The van der Waals surface area contributed by atoms with Crippen molar-refractivity contribution >= 4 is 5.91 Å². The zero-order valence-corrected chi connectivity index (χ0v) is 19.5. The topological polar surface area (TPSA) is 63.3 Å². The molecule has 0 aromatic heterocycles. The Morgan fingerprint density at radius 1 is 1.03 bits per heavy atom. The first kappa shape index (κ1) is 22.3. The normalized spacial score (nSPS) is 25.4.